The van der Waals surface area contributed by atoms with Gasteiger partial charge in [0, 0.05) is 6.08 Å². The SMILES string of the molecule is COc1cc(/C=C/C(=O)Nn2c(C)nc3sccc3c2=O)ccc1OCc1c(C)noc1C. The van der Waals surface area contributed by atoms with E-state index in [1.165, 1.54) is 17.4 Å². The molecule has 4 rings (SSSR count). The lowest BCUT2D eigenvalue weighted by Gasteiger charge is -2.11. The number of fused-ring (bicyclic) bond motifs is 1. The first-order chi connectivity index (χ1) is 15.9. The van der Waals surface area contributed by atoms with Gasteiger partial charge in [0.2, 0.25) is 0 Å². The summed E-state index contributed by atoms with van der Waals surface area (Å²) in [4.78, 5) is 30.0. The van der Waals surface area contributed by atoms with E-state index < -0.39 is 5.91 Å². The molecule has 33 heavy (non-hydrogen) atoms. The number of hydrogen-bond donors (Lipinski definition) is 1. The zero-order chi connectivity index (χ0) is 23.5. The van der Waals surface area contributed by atoms with Crippen LogP contribution in [0, 0.1) is 20.8 Å². The minimum absolute atomic E-state index is 0.297. The van der Waals surface area contributed by atoms with Crippen LogP contribution in [0.15, 0.2) is 45.0 Å². The number of carbonyl (C=O) groups excluding carboxylic acids is 1. The van der Waals surface area contributed by atoms with Crippen LogP contribution in [0.25, 0.3) is 16.3 Å². The van der Waals surface area contributed by atoms with Gasteiger partial charge in [-0.25, -0.2) is 9.66 Å². The molecule has 3 aromatic heterocycles. The summed E-state index contributed by atoms with van der Waals surface area (Å²) in [6.45, 7) is 5.65. The second-order valence-corrected chi connectivity index (χ2v) is 8.14. The van der Waals surface area contributed by atoms with E-state index in [-0.39, 0.29) is 5.56 Å². The fraction of sp³-hybridized carbons (Fsp3) is 0.217. The maximum absolute atomic E-state index is 12.6. The number of thiophene rings is 1. The van der Waals surface area contributed by atoms with Crippen molar-refractivity contribution in [2.75, 3.05) is 12.5 Å². The van der Waals surface area contributed by atoms with Crippen molar-refractivity contribution in [3.05, 3.63) is 74.5 Å². The monoisotopic (exact) mass is 466 g/mol. The van der Waals surface area contributed by atoms with Gasteiger partial charge < -0.3 is 14.0 Å². The molecule has 0 aliphatic carbocycles. The lowest BCUT2D eigenvalue weighted by molar-refractivity contribution is -0.112. The summed E-state index contributed by atoms with van der Waals surface area (Å²) < 4.78 is 17.6. The van der Waals surface area contributed by atoms with Gasteiger partial charge in [-0.1, -0.05) is 11.2 Å². The van der Waals surface area contributed by atoms with E-state index >= 15 is 0 Å². The first-order valence-electron chi connectivity index (χ1n) is 10.1. The highest BCUT2D eigenvalue weighted by molar-refractivity contribution is 7.16. The minimum atomic E-state index is -0.464. The predicted molar refractivity (Wildman–Crippen MR) is 125 cm³/mol. The Morgan fingerprint density at radius 1 is 1.24 bits per heavy atom. The van der Waals surface area contributed by atoms with Crippen molar-refractivity contribution in [2.45, 2.75) is 27.4 Å². The van der Waals surface area contributed by atoms with Crippen molar-refractivity contribution in [3.63, 3.8) is 0 Å². The summed E-state index contributed by atoms with van der Waals surface area (Å²) in [7, 11) is 1.54. The Morgan fingerprint density at radius 3 is 2.79 bits per heavy atom. The molecule has 0 bridgehead atoms. The average molecular weight is 467 g/mol. The van der Waals surface area contributed by atoms with Gasteiger partial charge in [0.1, 0.15) is 23.0 Å². The van der Waals surface area contributed by atoms with Gasteiger partial charge in [0.25, 0.3) is 11.5 Å². The van der Waals surface area contributed by atoms with E-state index in [0.717, 1.165) is 21.5 Å². The van der Waals surface area contributed by atoms with Gasteiger partial charge in [0.05, 0.1) is 23.8 Å². The molecule has 9 nitrogen and oxygen atoms in total. The number of amides is 1. The van der Waals surface area contributed by atoms with Crippen LogP contribution in [-0.2, 0) is 11.4 Å². The van der Waals surface area contributed by atoms with Crippen LogP contribution in [0.1, 0.15) is 28.4 Å². The number of methoxy groups -OCH3 is 1. The Bertz CT molecular complexity index is 1400. The van der Waals surface area contributed by atoms with Gasteiger partial charge in [-0.05, 0) is 56.0 Å². The molecule has 0 radical (unpaired) electrons. The highest BCUT2D eigenvalue weighted by Crippen LogP contribution is 2.30. The smallest absolute Gasteiger partial charge is 0.281 e. The Balaban J connectivity index is 1.47. The second-order valence-electron chi connectivity index (χ2n) is 7.25. The van der Waals surface area contributed by atoms with E-state index in [2.05, 4.69) is 15.6 Å². The van der Waals surface area contributed by atoms with Crippen molar-refractivity contribution in [2.24, 2.45) is 0 Å². The van der Waals surface area contributed by atoms with Crippen molar-refractivity contribution in [1.29, 1.82) is 0 Å². The van der Waals surface area contributed by atoms with Gasteiger partial charge in [-0.3, -0.25) is 15.0 Å². The van der Waals surface area contributed by atoms with Gasteiger partial charge >= 0.3 is 0 Å². The first-order valence-corrected chi connectivity index (χ1v) is 10.9. The normalized spacial score (nSPS) is 11.3. The third kappa shape index (κ3) is 4.65. The lowest BCUT2D eigenvalue weighted by Crippen LogP contribution is -2.34. The van der Waals surface area contributed by atoms with E-state index in [9.17, 15) is 9.59 Å². The molecule has 4 aromatic rings. The lowest BCUT2D eigenvalue weighted by atomic mass is 10.2. The van der Waals surface area contributed by atoms with E-state index in [1.807, 2.05) is 13.8 Å². The fourth-order valence-corrected chi connectivity index (χ4v) is 4.03. The molecule has 0 unspecified atom stereocenters. The second kappa shape index (κ2) is 9.29. The molecule has 10 heteroatoms. The number of hydrogen-bond acceptors (Lipinski definition) is 8. The van der Waals surface area contributed by atoms with Crippen LogP contribution < -0.4 is 20.5 Å². The van der Waals surface area contributed by atoms with E-state index in [0.29, 0.717) is 39.9 Å². The number of ether oxygens (including phenoxy) is 2. The highest BCUT2D eigenvalue weighted by atomic mass is 32.1. The maximum Gasteiger partial charge on any atom is 0.281 e. The van der Waals surface area contributed by atoms with Crippen LogP contribution in [0.3, 0.4) is 0 Å². The van der Waals surface area contributed by atoms with Gasteiger partial charge in [0.15, 0.2) is 11.5 Å². The zero-order valence-corrected chi connectivity index (χ0v) is 19.4. The molecule has 1 N–H and O–H groups in total. The molecule has 0 aliphatic rings. The molecule has 0 saturated carbocycles. The molecule has 3 heterocycles. The minimum Gasteiger partial charge on any atom is -0.493 e. The molecule has 0 fully saturated rings. The Labute approximate surface area is 193 Å². The number of nitrogens with zero attached hydrogens (tertiary/aromatic N) is 3. The standard InChI is InChI=1S/C23H22N4O5S/c1-13-18(14(2)32-26-13)12-31-19-7-5-16(11-20(19)30-4)6-8-21(28)25-27-15(3)24-22-17(23(27)29)9-10-33-22/h5-11H,12H2,1-4H3,(H,25,28)/b8-6+. The number of aryl methyl sites for hydroxylation is 3. The van der Waals surface area contributed by atoms with Crippen LogP contribution in [0.2, 0.25) is 0 Å². The maximum atomic E-state index is 12.6. The first kappa shape index (κ1) is 22.3. The molecule has 1 amide bonds. The number of rotatable bonds is 7. The van der Waals surface area contributed by atoms with Gasteiger partial charge in [-0.15, -0.1) is 11.3 Å². The summed E-state index contributed by atoms with van der Waals surface area (Å²) in [5.41, 5.74) is 4.64. The van der Waals surface area contributed by atoms with E-state index in [1.54, 1.807) is 49.8 Å². The van der Waals surface area contributed by atoms with Crippen LogP contribution in [0.5, 0.6) is 11.5 Å². The molecule has 0 aliphatic heterocycles. The Hall–Kier alpha value is -3.92. The van der Waals surface area contributed by atoms with Crippen molar-refractivity contribution in [3.8, 4) is 11.5 Å². The summed E-state index contributed by atoms with van der Waals surface area (Å²) in [6, 6.07) is 7.00. The molecular formula is C23H22N4O5S. The molecular weight excluding hydrogens is 444 g/mol. The predicted octanol–water partition coefficient (Wildman–Crippen LogP) is 3.74. The molecule has 170 valence electrons. The third-order valence-electron chi connectivity index (χ3n) is 5.06. The number of benzene rings is 1. The van der Waals surface area contributed by atoms with Crippen molar-refractivity contribution in [1.82, 2.24) is 14.8 Å². The third-order valence-corrected chi connectivity index (χ3v) is 5.86. The van der Waals surface area contributed by atoms with Crippen molar-refractivity contribution >= 4 is 33.5 Å². The Morgan fingerprint density at radius 2 is 2.06 bits per heavy atom. The largest absolute Gasteiger partial charge is 0.493 e. The summed E-state index contributed by atoms with van der Waals surface area (Å²) in [5, 5.41) is 6.18. The number of aromatic nitrogens is 3. The molecule has 1 aromatic carbocycles. The number of carbonyl (C=O) groups is 1. The topological polar surface area (TPSA) is 108 Å². The molecule has 0 spiro atoms. The molecule has 0 atom stereocenters. The average Bonchev–Trinajstić information content (AvgIpc) is 3.40. The number of nitrogens with one attached hydrogen (secondary N) is 1. The summed E-state index contributed by atoms with van der Waals surface area (Å²) in [6.07, 6.45) is 2.95. The molecule has 0 saturated heterocycles. The van der Waals surface area contributed by atoms with Crippen molar-refractivity contribution < 1.29 is 18.8 Å². The van der Waals surface area contributed by atoms with E-state index in [4.69, 9.17) is 14.0 Å². The van der Waals surface area contributed by atoms with Crippen LogP contribution in [-0.4, -0.2) is 27.8 Å². The zero-order valence-electron chi connectivity index (χ0n) is 18.5. The fourth-order valence-electron chi connectivity index (χ4n) is 3.23. The summed E-state index contributed by atoms with van der Waals surface area (Å²) >= 11 is 1.38. The highest BCUT2D eigenvalue weighted by Gasteiger charge is 2.13. The quantitative estimate of drug-likeness (QED) is 0.413. The van der Waals surface area contributed by atoms with Crippen LogP contribution >= 0.6 is 11.3 Å². The van der Waals surface area contributed by atoms with Gasteiger partial charge in [-0.2, -0.15) is 0 Å². The summed E-state index contributed by atoms with van der Waals surface area (Å²) in [5.74, 6) is 1.71. The Kier molecular flexibility index (Phi) is 6.27. The van der Waals surface area contributed by atoms with Crippen LogP contribution in [0.4, 0.5) is 0 Å².